The number of nitrogens with one attached hydrogen (secondary N) is 2. The molecule has 2 amide bonds. The van der Waals surface area contributed by atoms with E-state index in [0.29, 0.717) is 17.1 Å². The molecular formula is C25H32N2O4. The Kier molecular flexibility index (Phi) is 7.55. The number of amides is 2. The van der Waals surface area contributed by atoms with Gasteiger partial charge in [0.25, 0.3) is 11.8 Å². The van der Waals surface area contributed by atoms with Crippen molar-refractivity contribution < 1.29 is 19.1 Å². The third-order valence-electron chi connectivity index (χ3n) is 5.45. The largest absolute Gasteiger partial charge is 0.493 e. The molecule has 0 bridgehead atoms. The Morgan fingerprint density at radius 1 is 0.935 bits per heavy atom. The maximum Gasteiger partial charge on any atom is 0.258 e. The van der Waals surface area contributed by atoms with Crippen molar-refractivity contribution >= 4 is 11.8 Å². The number of benzene rings is 2. The summed E-state index contributed by atoms with van der Waals surface area (Å²) in [6.45, 7) is 5.65. The molecule has 6 heteroatoms. The number of rotatable bonds is 8. The molecular weight excluding hydrogens is 392 g/mol. The minimum absolute atomic E-state index is 0.0428. The van der Waals surface area contributed by atoms with E-state index in [9.17, 15) is 9.59 Å². The van der Waals surface area contributed by atoms with E-state index in [4.69, 9.17) is 9.47 Å². The van der Waals surface area contributed by atoms with Gasteiger partial charge in [0, 0.05) is 11.6 Å². The molecule has 0 aromatic heterocycles. The Bertz CT molecular complexity index is 939. The molecule has 0 unspecified atom stereocenters. The predicted octanol–water partition coefficient (Wildman–Crippen LogP) is 3.97. The molecule has 0 spiro atoms. The molecule has 0 saturated heterocycles. The van der Waals surface area contributed by atoms with E-state index in [1.54, 1.807) is 18.2 Å². The van der Waals surface area contributed by atoms with Crippen LogP contribution in [0.25, 0.3) is 0 Å². The van der Waals surface area contributed by atoms with Crippen LogP contribution < -0.4 is 20.1 Å². The highest BCUT2D eigenvalue weighted by Crippen LogP contribution is 2.29. The second kappa shape index (κ2) is 10.3. The number of hydrogen-bond donors (Lipinski definition) is 2. The lowest BCUT2D eigenvalue weighted by Gasteiger charge is -2.20. The maximum absolute atomic E-state index is 12.8. The molecule has 1 aliphatic carbocycles. The lowest BCUT2D eigenvalue weighted by molar-refractivity contribution is -0.123. The Hall–Kier alpha value is -3.02. The molecule has 2 N–H and O–H groups in total. The molecule has 0 radical (unpaired) electrons. The Labute approximate surface area is 184 Å². The first-order valence-electron chi connectivity index (χ1n) is 10.9. The third-order valence-corrected chi connectivity index (χ3v) is 5.45. The third kappa shape index (κ3) is 6.00. The predicted molar refractivity (Wildman–Crippen MR) is 121 cm³/mol. The number of ether oxygens (including phenoxy) is 2. The van der Waals surface area contributed by atoms with Crippen LogP contribution in [0.4, 0.5) is 0 Å². The zero-order chi connectivity index (χ0) is 22.4. The maximum atomic E-state index is 12.8. The van der Waals surface area contributed by atoms with Gasteiger partial charge >= 0.3 is 0 Å². The van der Waals surface area contributed by atoms with E-state index in [1.165, 1.54) is 31.1 Å². The number of carbonyl (C=O) groups is 2. The number of carbonyl (C=O) groups excluding carboxylic acids is 2. The van der Waals surface area contributed by atoms with Gasteiger partial charge in [-0.3, -0.25) is 9.59 Å². The Balaban J connectivity index is 1.65. The average molecular weight is 425 g/mol. The smallest absolute Gasteiger partial charge is 0.258 e. The second-order valence-corrected chi connectivity index (χ2v) is 8.31. The molecule has 166 valence electrons. The van der Waals surface area contributed by atoms with Crippen LogP contribution in [0.2, 0.25) is 0 Å². The summed E-state index contributed by atoms with van der Waals surface area (Å²) in [5.74, 6) is 0.428. The van der Waals surface area contributed by atoms with E-state index in [2.05, 4.69) is 28.8 Å². The fourth-order valence-electron chi connectivity index (χ4n) is 3.82. The van der Waals surface area contributed by atoms with E-state index >= 15 is 0 Å². The zero-order valence-corrected chi connectivity index (χ0v) is 18.8. The van der Waals surface area contributed by atoms with E-state index in [-0.39, 0.29) is 30.5 Å². The fraction of sp³-hybridized carbons (Fsp3) is 0.440. The van der Waals surface area contributed by atoms with Crippen molar-refractivity contribution in [2.24, 2.45) is 0 Å². The van der Waals surface area contributed by atoms with Gasteiger partial charge in [-0.05, 0) is 81.3 Å². The number of hydrogen-bond acceptors (Lipinski definition) is 4. The van der Waals surface area contributed by atoms with Crippen LogP contribution in [0.15, 0.2) is 36.4 Å². The highest BCUT2D eigenvalue weighted by Gasteiger charge is 2.17. The highest BCUT2D eigenvalue weighted by atomic mass is 16.5. The zero-order valence-electron chi connectivity index (χ0n) is 18.8. The van der Waals surface area contributed by atoms with Crippen molar-refractivity contribution in [3.8, 4) is 11.5 Å². The first-order valence-corrected chi connectivity index (χ1v) is 10.9. The summed E-state index contributed by atoms with van der Waals surface area (Å²) in [6.07, 6.45) is 4.73. The van der Waals surface area contributed by atoms with Gasteiger partial charge in [0.2, 0.25) is 0 Å². The molecule has 1 atom stereocenters. The van der Waals surface area contributed by atoms with Crippen LogP contribution in [-0.2, 0) is 17.6 Å². The van der Waals surface area contributed by atoms with Gasteiger partial charge < -0.3 is 20.1 Å². The van der Waals surface area contributed by atoms with Crippen molar-refractivity contribution in [2.45, 2.75) is 58.5 Å². The molecule has 0 fully saturated rings. The van der Waals surface area contributed by atoms with Gasteiger partial charge in [0.15, 0.2) is 18.1 Å². The van der Waals surface area contributed by atoms with Crippen molar-refractivity contribution in [2.75, 3.05) is 13.7 Å². The van der Waals surface area contributed by atoms with Gasteiger partial charge in [0.05, 0.1) is 13.2 Å². The van der Waals surface area contributed by atoms with E-state index in [0.717, 1.165) is 18.4 Å². The normalized spacial score (nSPS) is 13.8. The van der Waals surface area contributed by atoms with Crippen molar-refractivity contribution in [3.63, 3.8) is 0 Å². The van der Waals surface area contributed by atoms with Crippen LogP contribution in [0.1, 0.15) is 66.7 Å². The molecule has 0 heterocycles. The summed E-state index contributed by atoms with van der Waals surface area (Å²) in [4.78, 5) is 24.6. The molecule has 3 rings (SSSR count). The summed E-state index contributed by atoms with van der Waals surface area (Å²) in [7, 11) is 1.51. The van der Waals surface area contributed by atoms with Crippen LogP contribution in [0.3, 0.4) is 0 Å². The SMILES string of the molecule is COc1cc(C(=O)N[C@H](C)c2ccc3c(c2)CCCC3)ccc1OCC(=O)NC(C)C. The topological polar surface area (TPSA) is 76.7 Å². The van der Waals surface area contributed by atoms with Gasteiger partial charge in [-0.25, -0.2) is 0 Å². The second-order valence-electron chi connectivity index (χ2n) is 8.31. The summed E-state index contributed by atoms with van der Waals surface area (Å²) < 4.78 is 10.9. The molecule has 2 aromatic carbocycles. The monoisotopic (exact) mass is 424 g/mol. The average Bonchev–Trinajstić information content (AvgIpc) is 2.76. The Morgan fingerprint density at radius 2 is 1.68 bits per heavy atom. The van der Waals surface area contributed by atoms with Gasteiger partial charge in [-0.15, -0.1) is 0 Å². The van der Waals surface area contributed by atoms with Gasteiger partial charge in [-0.1, -0.05) is 18.2 Å². The van der Waals surface area contributed by atoms with Crippen LogP contribution in [-0.4, -0.2) is 31.6 Å². The first-order chi connectivity index (χ1) is 14.9. The summed E-state index contributed by atoms with van der Waals surface area (Å²) >= 11 is 0. The summed E-state index contributed by atoms with van der Waals surface area (Å²) in [5.41, 5.74) is 4.41. The lowest BCUT2D eigenvalue weighted by Crippen LogP contribution is -2.34. The van der Waals surface area contributed by atoms with Crippen molar-refractivity contribution in [1.29, 1.82) is 0 Å². The summed E-state index contributed by atoms with van der Waals surface area (Å²) in [5, 5.41) is 5.83. The molecule has 0 saturated carbocycles. The number of fused-ring (bicyclic) bond motifs is 1. The fourth-order valence-corrected chi connectivity index (χ4v) is 3.82. The van der Waals surface area contributed by atoms with E-state index in [1.807, 2.05) is 20.8 Å². The standard InChI is InChI=1S/C25H32N2O4/c1-16(2)26-24(28)15-31-22-12-11-21(14-23(22)30-4)25(29)27-17(3)19-10-9-18-7-5-6-8-20(18)13-19/h9-14,16-17H,5-8,15H2,1-4H3,(H,26,28)(H,27,29)/t17-/m1/s1. The minimum atomic E-state index is -0.210. The number of aryl methyl sites for hydroxylation is 2. The highest BCUT2D eigenvalue weighted by molar-refractivity contribution is 5.95. The van der Waals surface area contributed by atoms with Crippen LogP contribution in [0, 0.1) is 0 Å². The van der Waals surface area contributed by atoms with E-state index < -0.39 is 0 Å². The van der Waals surface area contributed by atoms with Crippen molar-refractivity contribution in [1.82, 2.24) is 10.6 Å². The quantitative estimate of drug-likeness (QED) is 0.672. The van der Waals surface area contributed by atoms with Crippen LogP contribution >= 0.6 is 0 Å². The molecule has 1 aliphatic rings. The first kappa shape index (κ1) is 22.7. The van der Waals surface area contributed by atoms with Crippen molar-refractivity contribution in [3.05, 3.63) is 58.7 Å². The molecule has 6 nitrogen and oxygen atoms in total. The molecule has 31 heavy (non-hydrogen) atoms. The minimum Gasteiger partial charge on any atom is -0.493 e. The number of methoxy groups -OCH3 is 1. The van der Waals surface area contributed by atoms with Gasteiger partial charge in [0.1, 0.15) is 0 Å². The molecule has 2 aromatic rings. The van der Waals surface area contributed by atoms with Gasteiger partial charge in [-0.2, -0.15) is 0 Å². The summed E-state index contributed by atoms with van der Waals surface area (Å²) in [6, 6.07) is 11.4. The molecule has 0 aliphatic heterocycles. The lowest BCUT2D eigenvalue weighted by atomic mass is 9.89. The Morgan fingerprint density at radius 3 is 2.39 bits per heavy atom. The van der Waals surface area contributed by atoms with Crippen LogP contribution in [0.5, 0.6) is 11.5 Å².